The third kappa shape index (κ3) is 5.07. The standard InChI is InChI=1S/C22H19NO3Se/c1-15-6-10-17(11-7-15)23-22(26)19-4-2-3-5-21(19)27-14-20(25)16-8-12-18(24)13-9-16/h2-13,24H,14H2,1H3,(H,23,26). The van der Waals surface area contributed by atoms with Crippen molar-refractivity contribution in [1.29, 1.82) is 0 Å². The Balaban J connectivity index is 1.69. The van der Waals surface area contributed by atoms with Gasteiger partial charge in [-0.15, -0.1) is 0 Å². The molecule has 2 N–H and O–H groups in total. The number of anilines is 1. The molecule has 0 spiro atoms. The first kappa shape index (κ1) is 18.9. The van der Waals surface area contributed by atoms with Crippen molar-refractivity contribution in [2.45, 2.75) is 12.2 Å². The molecule has 3 rings (SSSR count). The van der Waals surface area contributed by atoms with E-state index in [0.717, 1.165) is 15.7 Å². The number of aryl methyl sites for hydroxylation is 1. The number of phenols is 1. The van der Waals surface area contributed by atoms with E-state index in [1.165, 1.54) is 12.1 Å². The van der Waals surface area contributed by atoms with Gasteiger partial charge in [0.2, 0.25) is 0 Å². The SMILES string of the molecule is Cc1ccc(NC(=O)c2ccccc2[Se]CC(=O)c2ccc(O)cc2)cc1. The molecule has 0 unspecified atom stereocenters. The molecule has 0 aliphatic heterocycles. The molecule has 0 aliphatic rings. The normalized spacial score (nSPS) is 10.4. The number of hydrogen-bond donors (Lipinski definition) is 2. The van der Waals surface area contributed by atoms with E-state index in [-0.39, 0.29) is 32.4 Å². The minimum absolute atomic E-state index is 0.00347. The molecule has 4 nitrogen and oxygen atoms in total. The van der Waals surface area contributed by atoms with Crippen LogP contribution in [0.15, 0.2) is 72.8 Å². The van der Waals surface area contributed by atoms with Gasteiger partial charge in [-0.25, -0.2) is 0 Å². The van der Waals surface area contributed by atoms with Crippen LogP contribution in [0.5, 0.6) is 5.75 Å². The van der Waals surface area contributed by atoms with Gasteiger partial charge in [0.05, 0.1) is 0 Å². The van der Waals surface area contributed by atoms with Crippen LogP contribution in [0.2, 0.25) is 5.32 Å². The Kier molecular flexibility index (Phi) is 6.07. The summed E-state index contributed by atoms with van der Waals surface area (Å²) >= 11 is -0.170. The fourth-order valence-corrected chi connectivity index (χ4v) is 4.47. The number of nitrogens with one attached hydrogen (secondary N) is 1. The average molecular weight is 424 g/mol. The second-order valence-electron chi connectivity index (χ2n) is 6.08. The molecule has 0 aromatic heterocycles. The molecule has 0 aliphatic carbocycles. The molecule has 1 amide bonds. The Morgan fingerprint density at radius 1 is 0.926 bits per heavy atom. The molecule has 27 heavy (non-hydrogen) atoms. The van der Waals surface area contributed by atoms with E-state index in [9.17, 15) is 14.7 Å². The van der Waals surface area contributed by atoms with Crippen LogP contribution in [0, 0.1) is 6.92 Å². The summed E-state index contributed by atoms with van der Waals surface area (Å²) in [5.74, 6) is -0.0349. The third-order valence-electron chi connectivity index (χ3n) is 3.99. The fraction of sp³-hybridized carbons (Fsp3) is 0.0909. The number of ketones is 1. The van der Waals surface area contributed by atoms with Gasteiger partial charge in [-0.3, -0.25) is 0 Å². The van der Waals surface area contributed by atoms with Gasteiger partial charge in [0.15, 0.2) is 0 Å². The van der Waals surface area contributed by atoms with Gasteiger partial charge >= 0.3 is 164 Å². The van der Waals surface area contributed by atoms with Gasteiger partial charge in [-0.1, -0.05) is 0 Å². The van der Waals surface area contributed by atoms with Gasteiger partial charge in [0, 0.05) is 0 Å². The molecule has 3 aromatic rings. The number of hydrogen-bond acceptors (Lipinski definition) is 3. The van der Waals surface area contributed by atoms with E-state index >= 15 is 0 Å². The maximum absolute atomic E-state index is 12.7. The van der Waals surface area contributed by atoms with E-state index < -0.39 is 0 Å². The summed E-state index contributed by atoms with van der Waals surface area (Å²) in [4.78, 5) is 25.0. The van der Waals surface area contributed by atoms with Crippen molar-refractivity contribution >= 4 is 36.8 Å². The van der Waals surface area contributed by atoms with Gasteiger partial charge < -0.3 is 0 Å². The number of Topliss-reactive ketones (excluding diaryl/α,β-unsaturated/α-hetero) is 1. The molecular formula is C22H19NO3Se. The van der Waals surface area contributed by atoms with Gasteiger partial charge in [0.25, 0.3) is 0 Å². The van der Waals surface area contributed by atoms with E-state index in [4.69, 9.17) is 0 Å². The zero-order valence-electron chi connectivity index (χ0n) is 14.8. The Morgan fingerprint density at radius 3 is 2.30 bits per heavy atom. The van der Waals surface area contributed by atoms with Gasteiger partial charge in [-0.05, 0) is 0 Å². The van der Waals surface area contributed by atoms with Crippen molar-refractivity contribution in [3.8, 4) is 5.75 Å². The fourth-order valence-electron chi connectivity index (χ4n) is 2.49. The third-order valence-corrected chi connectivity index (χ3v) is 6.24. The minimum atomic E-state index is -0.173. The first-order chi connectivity index (χ1) is 13.0. The van der Waals surface area contributed by atoms with Crippen molar-refractivity contribution in [2.24, 2.45) is 0 Å². The van der Waals surface area contributed by atoms with Crippen molar-refractivity contribution in [3.63, 3.8) is 0 Å². The van der Waals surface area contributed by atoms with Crippen molar-refractivity contribution < 1.29 is 14.7 Å². The molecule has 0 saturated carbocycles. The monoisotopic (exact) mass is 425 g/mol. The van der Waals surface area contributed by atoms with Gasteiger partial charge in [0.1, 0.15) is 0 Å². The van der Waals surface area contributed by atoms with Crippen molar-refractivity contribution in [2.75, 3.05) is 5.32 Å². The van der Waals surface area contributed by atoms with Crippen LogP contribution in [-0.2, 0) is 0 Å². The quantitative estimate of drug-likeness (QED) is 0.470. The molecule has 0 bridgehead atoms. The topological polar surface area (TPSA) is 66.4 Å². The van der Waals surface area contributed by atoms with E-state index in [1.807, 2.05) is 49.4 Å². The molecule has 0 atom stereocenters. The molecule has 5 heteroatoms. The summed E-state index contributed by atoms with van der Waals surface area (Å²) in [6, 6.07) is 21.3. The number of amides is 1. The Hall–Kier alpha value is -2.88. The predicted molar refractivity (Wildman–Crippen MR) is 108 cm³/mol. The number of benzene rings is 3. The number of phenolic OH excluding ortho intramolecular Hbond substituents is 1. The van der Waals surface area contributed by atoms with Crippen LogP contribution < -0.4 is 9.78 Å². The number of rotatable bonds is 6. The molecule has 136 valence electrons. The first-order valence-electron chi connectivity index (χ1n) is 8.45. The van der Waals surface area contributed by atoms with Gasteiger partial charge in [-0.2, -0.15) is 0 Å². The summed E-state index contributed by atoms with van der Waals surface area (Å²) < 4.78 is 0.891. The van der Waals surface area contributed by atoms with E-state index in [1.54, 1.807) is 18.2 Å². The average Bonchev–Trinajstić information content (AvgIpc) is 2.68. The zero-order chi connectivity index (χ0) is 19.2. The number of carbonyl (C=O) groups excluding carboxylic acids is 2. The summed E-state index contributed by atoms with van der Waals surface area (Å²) in [7, 11) is 0. The molecule has 0 fully saturated rings. The summed E-state index contributed by atoms with van der Waals surface area (Å²) in [5.41, 5.74) is 3.03. The summed E-state index contributed by atoms with van der Waals surface area (Å²) in [6.45, 7) is 1.99. The number of carbonyl (C=O) groups is 2. The summed E-state index contributed by atoms with van der Waals surface area (Å²) in [6.07, 6.45) is 0. The van der Waals surface area contributed by atoms with E-state index in [0.29, 0.717) is 16.4 Å². The summed E-state index contributed by atoms with van der Waals surface area (Å²) in [5, 5.41) is 12.6. The molecule has 3 aromatic carbocycles. The van der Waals surface area contributed by atoms with Crippen LogP contribution in [0.4, 0.5) is 5.69 Å². The van der Waals surface area contributed by atoms with Crippen LogP contribution >= 0.6 is 0 Å². The predicted octanol–water partition coefficient (Wildman–Crippen LogP) is 3.58. The number of aromatic hydroxyl groups is 1. The molecule has 0 radical (unpaired) electrons. The zero-order valence-corrected chi connectivity index (χ0v) is 16.5. The Labute approximate surface area is 164 Å². The van der Waals surface area contributed by atoms with Crippen molar-refractivity contribution in [1.82, 2.24) is 0 Å². The van der Waals surface area contributed by atoms with Crippen LogP contribution in [0.25, 0.3) is 0 Å². The van der Waals surface area contributed by atoms with E-state index in [2.05, 4.69) is 5.32 Å². The second-order valence-corrected chi connectivity index (χ2v) is 8.21. The van der Waals surface area contributed by atoms with Crippen LogP contribution in [0.3, 0.4) is 0 Å². The van der Waals surface area contributed by atoms with Crippen LogP contribution in [-0.4, -0.2) is 31.8 Å². The molecule has 0 saturated heterocycles. The maximum atomic E-state index is 12.7. The molecular weight excluding hydrogens is 405 g/mol. The molecule has 0 heterocycles. The van der Waals surface area contributed by atoms with Crippen LogP contribution in [0.1, 0.15) is 26.3 Å². The first-order valence-corrected chi connectivity index (χ1v) is 10.5. The Bertz CT molecular complexity index is 950. The Morgan fingerprint density at radius 2 is 1.59 bits per heavy atom. The van der Waals surface area contributed by atoms with Crippen molar-refractivity contribution in [3.05, 3.63) is 89.5 Å². The second kappa shape index (κ2) is 8.67.